The topological polar surface area (TPSA) is 126 Å². The number of carbonyl (C=O) groups excluding carboxylic acids is 1. The van der Waals surface area contributed by atoms with Crippen molar-refractivity contribution in [2.45, 2.75) is 0 Å². The van der Waals surface area contributed by atoms with Crippen molar-refractivity contribution in [2.24, 2.45) is 16.6 Å². The fourth-order valence-corrected chi connectivity index (χ4v) is 1.52. The summed E-state index contributed by atoms with van der Waals surface area (Å²) in [6, 6.07) is 4.67. The minimum absolute atomic E-state index is 0. The number of nitrogens with zero attached hydrogens (tertiary/aromatic N) is 1. The van der Waals surface area contributed by atoms with Gasteiger partial charge in [-0.1, -0.05) is 0 Å². The van der Waals surface area contributed by atoms with Crippen LogP contribution in [0.1, 0.15) is 10.5 Å². The van der Waals surface area contributed by atoms with Crippen molar-refractivity contribution in [3.63, 3.8) is 0 Å². The van der Waals surface area contributed by atoms with Gasteiger partial charge in [0.1, 0.15) is 11.5 Å². The van der Waals surface area contributed by atoms with Crippen molar-refractivity contribution in [1.82, 2.24) is 10.4 Å². The molecule has 0 fully saturated rings. The number of H-pyrrole nitrogens is 1. The van der Waals surface area contributed by atoms with Crippen LogP contribution < -0.4 is 22.3 Å². The second-order valence-electron chi connectivity index (χ2n) is 3.71. The number of benzene rings is 1. The minimum Gasteiger partial charge on any atom is -0.369 e. The summed E-state index contributed by atoms with van der Waals surface area (Å²) >= 11 is 0. The normalized spacial score (nSPS) is 9.65. The SMILES string of the molecule is Cl.NC(N)=NNC(=O)c1cc(=O)c2cc(F)ccc2[nH]1. The molecular formula is C11H11ClFN5O2. The van der Waals surface area contributed by atoms with E-state index >= 15 is 0 Å². The molecular weight excluding hydrogens is 289 g/mol. The Labute approximate surface area is 118 Å². The molecule has 1 aromatic carbocycles. The number of hydrogen-bond acceptors (Lipinski definition) is 3. The van der Waals surface area contributed by atoms with E-state index in [0.29, 0.717) is 5.52 Å². The van der Waals surface area contributed by atoms with Gasteiger partial charge in [0.2, 0.25) is 5.96 Å². The summed E-state index contributed by atoms with van der Waals surface area (Å²) in [5.41, 5.74) is 12.0. The third-order valence-corrected chi connectivity index (χ3v) is 2.32. The quantitative estimate of drug-likeness (QED) is 0.354. The number of nitrogens with two attached hydrogens (primary N) is 2. The van der Waals surface area contributed by atoms with E-state index in [4.69, 9.17) is 11.5 Å². The van der Waals surface area contributed by atoms with E-state index in [1.165, 1.54) is 12.1 Å². The number of guanidine groups is 1. The molecule has 0 saturated carbocycles. The van der Waals surface area contributed by atoms with Crippen LogP contribution in [0.3, 0.4) is 0 Å². The highest BCUT2D eigenvalue weighted by Gasteiger charge is 2.09. The summed E-state index contributed by atoms with van der Waals surface area (Å²) in [6.45, 7) is 0. The van der Waals surface area contributed by atoms with E-state index < -0.39 is 17.2 Å². The number of rotatable bonds is 2. The molecule has 1 heterocycles. The van der Waals surface area contributed by atoms with Gasteiger partial charge in [-0.3, -0.25) is 9.59 Å². The van der Waals surface area contributed by atoms with Gasteiger partial charge in [0.15, 0.2) is 5.43 Å². The number of aromatic amines is 1. The average Bonchev–Trinajstić information content (AvgIpc) is 2.36. The van der Waals surface area contributed by atoms with Gasteiger partial charge in [0.05, 0.1) is 5.52 Å². The third-order valence-electron chi connectivity index (χ3n) is 2.32. The van der Waals surface area contributed by atoms with E-state index in [9.17, 15) is 14.0 Å². The average molecular weight is 300 g/mol. The molecule has 20 heavy (non-hydrogen) atoms. The Hall–Kier alpha value is -2.61. The molecule has 7 nitrogen and oxygen atoms in total. The number of halogens is 2. The number of fused-ring (bicyclic) bond motifs is 1. The summed E-state index contributed by atoms with van der Waals surface area (Å²) in [5, 5.41) is 3.47. The lowest BCUT2D eigenvalue weighted by Gasteiger charge is -2.03. The maximum Gasteiger partial charge on any atom is 0.288 e. The first-order valence-corrected chi connectivity index (χ1v) is 5.19. The largest absolute Gasteiger partial charge is 0.369 e. The van der Waals surface area contributed by atoms with Crippen LogP contribution in [0.2, 0.25) is 0 Å². The van der Waals surface area contributed by atoms with Gasteiger partial charge in [-0.25, -0.2) is 9.82 Å². The van der Waals surface area contributed by atoms with Gasteiger partial charge >= 0.3 is 0 Å². The fourth-order valence-electron chi connectivity index (χ4n) is 1.52. The maximum absolute atomic E-state index is 13.0. The van der Waals surface area contributed by atoms with E-state index in [-0.39, 0.29) is 29.4 Å². The van der Waals surface area contributed by atoms with E-state index in [1.54, 1.807) is 0 Å². The molecule has 1 amide bonds. The third kappa shape index (κ3) is 3.23. The molecule has 0 aliphatic rings. The summed E-state index contributed by atoms with van der Waals surface area (Å²) in [7, 11) is 0. The van der Waals surface area contributed by atoms with Gasteiger partial charge < -0.3 is 16.5 Å². The first kappa shape index (κ1) is 15.4. The summed E-state index contributed by atoms with van der Waals surface area (Å²) in [6.07, 6.45) is 0. The maximum atomic E-state index is 13.0. The molecule has 106 valence electrons. The predicted molar refractivity (Wildman–Crippen MR) is 75.1 cm³/mol. The van der Waals surface area contributed by atoms with Crippen LogP contribution in [0.25, 0.3) is 10.9 Å². The van der Waals surface area contributed by atoms with Crippen molar-refractivity contribution < 1.29 is 9.18 Å². The van der Waals surface area contributed by atoms with Gasteiger partial charge in [0, 0.05) is 11.5 Å². The van der Waals surface area contributed by atoms with Crippen LogP contribution in [0, 0.1) is 5.82 Å². The first-order chi connectivity index (χ1) is 8.97. The minimum atomic E-state index is -0.684. The van der Waals surface area contributed by atoms with Crippen LogP contribution in [-0.2, 0) is 0 Å². The van der Waals surface area contributed by atoms with Crippen molar-refractivity contribution in [2.75, 3.05) is 0 Å². The molecule has 0 aliphatic heterocycles. The Morgan fingerprint density at radius 3 is 2.65 bits per heavy atom. The predicted octanol–water partition coefficient (Wildman–Crippen LogP) is 0.00720. The molecule has 0 radical (unpaired) electrons. The second-order valence-corrected chi connectivity index (χ2v) is 3.71. The van der Waals surface area contributed by atoms with Crippen LogP contribution in [0.4, 0.5) is 4.39 Å². The van der Waals surface area contributed by atoms with E-state index in [1.807, 2.05) is 0 Å². The Morgan fingerprint density at radius 2 is 2.00 bits per heavy atom. The van der Waals surface area contributed by atoms with Gasteiger partial charge in [-0.15, -0.1) is 17.5 Å². The first-order valence-electron chi connectivity index (χ1n) is 5.19. The molecule has 0 aliphatic carbocycles. The van der Waals surface area contributed by atoms with Crippen molar-refractivity contribution in [3.8, 4) is 0 Å². The molecule has 0 bridgehead atoms. The number of hydrazone groups is 1. The lowest BCUT2D eigenvalue weighted by atomic mass is 10.2. The molecule has 6 N–H and O–H groups in total. The molecule has 2 rings (SSSR count). The van der Waals surface area contributed by atoms with Crippen molar-refractivity contribution in [3.05, 3.63) is 46.0 Å². The number of nitrogens with one attached hydrogen (secondary N) is 2. The summed E-state index contributed by atoms with van der Waals surface area (Å²) in [5.74, 6) is -1.54. The van der Waals surface area contributed by atoms with Gasteiger partial charge in [-0.2, -0.15) is 0 Å². The number of pyridine rings is 1. The zero-order valence-corrected chi connectivity index (χ0v) is 10.8. The zero-order valence-electron chi connectivity index (χ0n) is 10.0. The van der Waals surface area contributed by atoms with Gasteiger partial charge in [0.25, 0.3) is 5.91 Å². The molecule has 0 spiro atoms. The Kier molecular flexibility index (Phi) is 4.65. The van der Waals surface area contributed by atoms with Crippen LogP contribution >= 0.6 is 12.4 Å². The lowest BCUT2D eigenvalue weighted by Crippen LogP contribution is -2.29. The Morgan fingerprint density at radius 1 is 1.30 bits per heavy atom. The van der Waals surface area contributed by atoms with Crippen molar-refractivity contribution in [1.29, 1.82) is 0 Å². The fraction of sp³-hybridized carbons (Fsp3) is 0. The second kappa shape index (κ2) is 6.02. The molecule has 0 atom stereocenters. The van der Waals surface area contributed by atoms with Crippen LogP contribution in [0.5, 0.6) is 0 Å². The number of aromatic nitrogens is 1. The number of hydrogen-bond donors (Lipinski definition) is 4. The molecule has 9 heteroatoms. The number of carbonyl (C=O) groups is 1. The molecule has 0 saturated heterocycles. The summed E-state index contributed by atoms with van der Waals surface area (Å²) in [4.78, 5) is 26.1. The molecule has 2 aromatic rings. The zero-order chi connectivity index (χ0) is 14.0. The lowest BCUT2D eigenvalue weighted by molar-refractivity contribution is 0.0950. The standard InChI is InChI=1S/C11H10FN5O2.ClH/c12-5-1-2-7-6(3-5)9(18)4-8(15-7)10(19)16-17-11(13)14;/h1-4H,(H,15,18)(H,16,19)(H4,13,14,17);1H. The highest BCUT2D eigenvalue weighted by Crippen LogP contribution is 2.10. The van der Waals surface area contributed by atoms with E-state index in [2.05, 4.69) is 15.5 Å². The van der Waals surface area contributed by atoms with Crippen molar-refractivity contribution >= 4 is 35.2 Å². The highest BCUT2D eigenvalue weighted by atomic mass is 35.5. The van der Waals surface area contributed by atoms with Crippen LogP contribution in [-0.4, -0.2) is 16.9 Å². The number of amides is 1. The smallest absolute Gasteiger partial charge is 0.288 e. The highest BCUT2D eigenvalue weighted by molar-refractivity contribution is 5.95. The van der Waals surface area contributed by atoms with E-state index in [0.717, 1.165) is 12.1 Å². The van der Waals surface area contributed by atoms with Gasteiger partial charge in [-0.05, 0) is 18.2 Å². The molecule has 1 aromatic heterocycles. The Bertz CT molecular complexity index is 739. The summed E-state index contributed by atoms with van der Waals surface area (Å²) < 4.78 is 13.0. The van der Waals surface area contributed by atoms with Crippen LogP contribution in [0.15, 0.2) is 34.2 Å². The monoisotopic (exact) mass is 299 g/mol. The Balaban J connectivity index is 0.00000200. The molecule has 0 unspecified atom stereocenters.